The van der Waals surface area contributed by atoms with E-state index in [1.165, 1.54) is 36.8 Å². The number of carbonyl (C=O) groups is 1. The summed E-state index contributed by atoms with van der Waals surface area (Å²) in [5.74, 6) is 0.769. The molecule has 3 heteroatoms. The minimum atomic E-state index is -0.692. The number of hydrogen-bond donors (Lipinski definition) is 2. The second kappa shape index (κ2) is 5.96. The van der Waals surface area contributed by atoms with Gasteiger partial charge in [-0.3, -0.25) is 4.79 Å². The Bertz CT molecular complexity index is 453. The second-order valence-electron chi connectivity index (χ2n) is 6.25. The number of carboxylic acid groups (broad SMARTS) is 1. The van der Waals surface area contributed by atoms with E-state index >= 15 is 0 Å². The van der Waals surface area contributed by atoms with Crippen LogP contribution in [0.4, 0.5) is 0 Å². The molecule has 0 aliphatic heterocycles. The third-order valence-corrected chi connectivity index (χ3v) is 4.95. The highest BCUT2D eigenvalue weighted by Gasteiger charge is 2.38. The molecule has 2 unspecified atom stereocenters. The minimum Gasteiger partial charge on any atom is -0.481 e. The maximum atomic E-state index is 10.6. The highest BCUT2D eigenvalue weighted by atomic mass is 16.4. The van der Waals surface area contributed by atoms with Gasteiger partial charge in [0, 0.05) is 12.5 Å². The van der Waals surface area contributed by atoms with Gasteiger partial charge in [-0.2, -0.15) is 0 Å². The highest BCUT2D eigenvalue weighted by Crippen LogP contribution is 2.39. The van der Waals surface area contributed by atoms with Gasteiger partial charge in [0.15, 0.2) is 0 Å². The highest BCUT2D eigenvalue weighted by molar-refractivity contribution is 5.66. The van der Waals surface area contributed by atoms with Gasteiger partial charge in [-0.1, -0.05) is 24.3 Å². The van der Waals surface area contributed by atoms with Crippen LogP contribution < -0.4 is 5.32 Å². The van der Waals surface area contributed by atoms with E-state index in [0.29, 0.717) is 6.04 Å². The number of hydrogen-bond acceptors (Lipinski definition) is 2. The van der Waals surface area contributed by atoms with E-state index in [1.54, 1.807) is 0 Å². The van der Waals surface area contributed by atoms with Crippen LogP contribution in [0.3, 0.4) is 0 Å². The molecule has 0 radical (unpaired) electrons. The van der Waals surface area contributed by atoms with Gasteiger partial charge in [0.05, 0.1) is 0 Å². The smallest absolute Gasteiger partial charge is 0.303 e. The lowest BCUT2D eigenvalue weighted by molar-refractivity contribution is -0.137. The van der Waals surface area contributed by atoms with Gasteiger partial charge >= 0.3 is 5.97 Å². The zero-order valence-corrected chi connectivity index (χ0v) is 11.8. The van der Waals surface area contributed by atoms with Crippen molar-refractivity contribution in [3.05, 3.63) is 35.4 Å². The zero-order chi connectivity index (χ0) is 13.9. The largest absolute Gasteiger partial charge is 0.481 e. The van der Waals surface area contributed by atoms with Crippen molar-refractivity contribution in [2.24, 2.45) is 11.8 Å². The Labute approximate surface area is 120 Å². The Morgan fingerprint density at radius 2 is 1.75 bits per heavy atom. The molecule has 2 N–H and O–H groups in total. The topological polar surface area (TPSA) is 49.3 Å². The van der Waals surface area contributed by atoms with Gasteiger partial charge in [-0.15, -0.1) is 0 Å². The summed E-state index contributed by atoms with van der Waals surface area (Å²) in [4.78, 5) is 10.6. The molecule has 3 nitrogen and oxygen atoms in total. The van der Waals surface area contributed by atoms with Gasteiger partial charge in [-0.25, -0.2) is 0 Å². The Morgan fingerprint density at radius 1 is 1.15 bits per heavy atom. The van der Waals surface area contributed by atoms with Crippen molar-refractivity contribution in [3.8, 4) is 0 Å². The lowest BCUT2D eigenvalue weighted by Gasteiger charge is -2.23. The lowest BCUT2D eigenvalue weighted by Crippen LogP contribution is -2.38. The number of aliphatic carboxylic acids is 1. The van der Waals surface area contributed by atoms with Crippen LogP contribution >= 0.6 is 0 Å². The molecule has 0 heterocycles. The molecule has 2 bridgehead atoms. The SMILES string of the molecule is O=C(O)CCCNC1C2CCC1Cc1ccccc1C2. The van der Waals surface area contributed by atoms with E-state index < -0.39 is 5.97 Å². The van der Waals surface area contributed by atoms with E-state index in [-0.39, 0.29) is 6.42 Å². The summed E-state index contributed by atoms with van der Waals surface area (Å²) in [5.41, 5.74) is 3.05. The summed E-state index contributed by atoms with van der Waals surface area (Å²) in [7, 11) is 0. The van der Waals surface area contributed by atoms with Gasteiger partial charge in [-0.05, 0) is 61.6 Å². The molecule has 0 amide bonds. The quantitative estimate of drug-likeness (QED) is 0.811. The Hall–Kier alpha value is -1.35. The normalized spacial score (nSPS) is 27.9. The average Bonchev–Trinajstić information content (AvgIpc) is 2.69. The second-order valence-corrected chi connectivity index (χ2v) is 6.25. The van der Waals surface area contributed by atoms with E-state index in [9.17, 15) is 4.79 Å². The monoisotopic (exact) mass is 273 g/mol. The molecule has 2 aliphatic carbocycles. The van der Waals surface area contributed by atoms with Crippen LogP contribution in [0.5, 0.6) is 0 Å². The molecular weight excluding hydrogens is 250 g/mol. The Balaban J connectivity index is 1.62. The van der Waals surface area contributed by atoms with E-state index in [2.05, 4.69) is 29.6 Å². The molecule has 0 spiro atoms. The van der Waals surface area contributed by atoms with Crippen LogP contribution in [0.15, 0.2) is 24.3 Å². The van der Waals surface area contributed by atoms with Crippen molar-refractivity contribution in [1.82, 2.24) is 5.32 Å². The van der Waals surface area contributed by atoms with E-state index in [0.717, 1.165) is 24.8 Å². The van der Waals surface area contributed by atoms with E-state index in [4.69, 9.17) is 5.11 Å². The molecule has 2 atom stereocenters. The molecule has 20 heavy (non-hydrogen) atoms. The summed E-state index contributed by atoms with van der Waals surface area (Å²) >= 11 is 0. The first-order valence-electron chi connectivity index (χ1n) is 7.76. The molecule has 1 fully saturated rings. The van der Waals surface area contributed by atoms with Crippen molar-refractivity contribution in [2.45, 2.75) is 44.6 Å². The first-order valence-corrected chi connectivity index (χ1v) is 7.76. The van der Waals surface area contributed by atoms with Crippen LogP contribution in [0.25, 0.3) is 0 Å². The third kappa shape index (κ3) is 2.88. The predicted octanol–water partition coefficient (Wildman–Crippen LogP) is 2.63. The number of benzene rings is 1. The fraction of sp³-hybridized carbons (Fsp3) is 0.588. The lowest BCUT2D eigenvalue weighted by atomic mass is 9.94. The third-order valence-electron chi connectivity index (χ3n) is 4.95. The molecule has 1 saturated carbocycles. The summed E-state index contributed by atoms with van der Waals surface area (Å²) in [5, 5.41) is 12.4. The summed E-state index contributed by atoms with van der Waals surface area (Å²) in [6, 6.07) is 9.42. The van der Waals surface area contributed by atoms with Crippen molar-refractivity contribution in [3.63, 3.8) is 0 Å². The maximum absolute atomic E-state index is 10.6. The Kier molecular flexibility index (Phi) is 4.06. The van der Waals surface area contributed by atoms with Gasteiger partial charge < -0.3 is 10.4 Å². The molecular formula is C17H23NO2. The molecule has 2 aliphatic rings. The van der Waals surface area contributed by atoms with Crippen molar-refractivity contribution < 1.29 is 9.90 Å². The van der Waals surface area contributed by atoms with Crippen molar-refractivity contribution in [1.29, 1.82) is 0 Å². The Morgan fingerprint density at radius 3 is 2.30 bits per heavy atom. The fourth-order valence-corrected chi connectivity index (χ4v) is 3.99. The summed E-state index contributed by atoms with van der Waals surface area (Å²) in [6.45, 7) is 0.834. The molecule has 1 aromatic carbocycles. The van der Waals surface area contributed by atoms with E-state index in [1.807, 2.05) is 0 Å². The number of rotatable bonds is 5. The standard InChI is InChI=1S/C17H23NO2/c19-16(20)6-3-9-18-17-14-7-8-15(17)11-13-5-2-1-4-12(13)10-14/h1-2,4-5,14-15,17-18H,3,6-11H2,(H,19,20). The zero-order valence-electron chi connectivity index (χ0n) is 11.8. The van der Waals surface area contributed by atoms with Crippen LogP contribution in [0.2, 0.25) is 0 Å². The minimum absolute atomic E-state index is 0.273. The number of nitrogens with one attached hydrogen (secondary N) is 1. The molecule has 3 rings (SSSR count). The molecule has 0 aromatic heterocycles. The predicted molar refractivity (Wildman–Crippen MR) is 78.7 cm³/mol. The van der Waals surface area contributed by atoms with Crippen LogP contribution in [0.1, 0.15) is 36.8 Å². The first kappa shape index (κ1) is 13.6. The van der Waals surface area contributed by atoms with Gasteiger partial charge in [0.1, 0.15) is 0 Å². The van der Waals surface area contributed by atoms with Gasteiger partial charge in [0.2, 0.25) is 0 Å². The molecule has 108 valence electrons. The van der Waals surface area contributed by atoms with Crippen LogP contribution in [-0.2, 0) is 17.6 Å². The number of carboxylic acids is 1. The maximum Gasteiger partial charge on any atom is 0.303 e. The van der Waals surface area contributed by atoms with Crippen LogP contribution in [0, 0.1) is 11.8 Å². The summed E-state index contributed by atoms with van der Waals surface area (Å²) < 4.78 is 0. The number of fused-ring (bicyclic) bond motifs is 3. The first-order chi connectivity index (χ1) is 9.74. The van der Waals surface area contributed by atoms with Crippen molar-refractivity contribution >= 4 is 5.97 Å². The average molecular weight is 273 g/mol. The fourth-order valence-electron chi connectivity index (χ4n) is 3.99. The summed E-state index contributed by atoms with van der Waals surface area (Å²) in [6.07, 6.45) is 6.01. The molecule has 1 aromatic rings. The molecule has 0 saturated heterocycles. The van der Waals surface area contributed by atoms with Crippen LogP contribution in [-0.4, -0.2) is 23.7 Å². The van der Waals surface area contributed by atoms with Gasteiger partial charge in [0.25, 0.3) is 0 Å². The van der Waals surface area contributed by atoms with Crippen molar-refractivity contribution in [2.75, 3.05) is 6.54 Å².